The number of fused-ring (bicyclic) bond motifs is 4. The van der Waals surface area contributed by atoms with Crippen LogP contribution in [0.3, 0.4) is 0 Å². The van der Waals surface area contributed by atoms with Crippen LogP contribution in [0.1, 0.15) is 56.1 Å². The Hall–Kier alpha value is -3.17. The summed E-state index contributed by atoms with van der Waals surface area (Å²) in [5.74, 6) is -7.65. The molecule has 4 aliphatic rings. The van der Waals surface area contributed by atoms with Crippen LogP contribution < -0.4 is 5.73 Å². The quantitative estimate of drug-likeness (QED) is 0.311. The molecule has 3 aliphatic carbocycles. The molecule has 1 heterocycles. The van der Waals surface area contributed by atoms with Crippen molar-refractivity contribution in [1.29, 1.82) is 0 Å². The molecule has 9 nitrogen and oxygen atoms in total. The minimum absolute atomic E-state index is 0.0682. The number of allylic oxidation sites excluding steroid dienone is 2. The molecule has 9 heteroatoms. The molecule has 0 aromatic heterocycles. The molecule has 2 saturated carbocycles. The first-order valence-electron chi connectivity index (χ1n) is 12.0. The molecular weight excluding hydrogens is 454 g/mol. The highest BCUT2D eigenvalue weighted by Crippen LogP contribution is 2.58. The molecule has 0 spiro atoms. The van der Waals surface area contributed by atoms with Crippen molar-refractivity contribution in [2.75, 3.05) is 0 Å². The lowest BCUT2D eigenvalue weighted by molar-refractivity contribution is -0.189. The van der Waals surface area contributed by atoms with Crippen LogP contribution >= 0.6 is 0 Å². The summed E-state index contributed by atoms with van der Waals surface area (Å²) in [6.07, 6.45) is 2.61. The number of benzene rings is 1. The van der Waals surface area contributed by atoms with Gasteiger partial charge in [-0.1, -0.05) is 31.9 Å². The Morgan fingerprint density at radius 1 is 1.23 bits per heavy atom. The van der Waals surface area contributed by atoms with Gasteiger partial charge >= 0.3 is 0 Å². The zero-order chi connectivity index (χ0) is 25.2. The lowest BCUT2D eigenvalue weighted by Crippen LogP contribution is -2.71. The zero-order valence-corrected chi connectivity index (χ0v) is 19.3. The summed E-state index contributed by atoms with van der Waals surface area (Å²) in [5.41, 5.74) is 3.08. The molecule has 1 aliphatic heterocycles. The molecule has 5 rings (SSSR count). The number of unbranched alkanes of at least 4 members (excludes halogenated alkanes) is 2. The third-order valence-electron chi connectivity index (χ3n) is 8.05. The van der Waals surface area contributed by atoms with Crippen LogP contribution in [0.15, 0.2) is 35.6 Å². The summed E-state index contributed by atoms with van der Waals surface area (Å²) in [6, 6.07) is 4.78. The first-order valence-corrected chi connectivity index (χ1v) is 12.0. The molecule has 2 fully saturated rings. The second-order valence-electron chi connectivity index (χ2n) is 9.98. The highest BCUT2D eigenvalue weighted by Gasteiger charge is 2.69. The Balaban J connectivity index is 1.72. The van der Waals surface area contributed by atoms with Gasteiger partial charge in [-0.3, -0.25) is 14.4 Å². The Bertz CT molecular complexity index is 1190. The zero-order valence-electron chi connectivity index (χ0n) is 19.3. The maximum absolute atomic E-state index is 13.8. The van der Waals surface area contributed by atoms with E-state index in [9.17, 15) is 34.8 Å². The van der Waals surface area contributed by atoms with E-state index in [1.807, 2.05) is 6.08 Å². The fraction of sp³-hybridized carbons (Fsp3) is 0.500. The second kappa shape index (κ2) is 8.20. The number of phenolic OH excluding ortho intramolecular Hbond substituents is 1. The standard InChI is InChI=1S/C26H29NO8/c1-2-3-4-6-11-9-13-12-7-5-8-15(28)17(12)21(30)20-18(13)22(35-11)14-10-16(29)19(25(27)33)23(31)26(14,34)24(20)32/h5,7-9,13-14,16,18-19,22,28-30,34H,2-4,6,10H2,1H3,(H2,27,33)/t13-,14+,16?,18+,19?,22+,26+/m0/s1. The molecule has 0 bridgehead atoms. The van der Waals surface area contributed by atoms with E-state index < -0.39 is 64.7 Å². The largest absolute Gasteiger partial charge is 0.507 e. The molecular formula is C26H29NO8. The van der Waals surface area contributed by atoms with Crippen LogP contribution in [0.5, 0.6) is 5.75 Å². The van der Waals surface area contributed by atoms with E-state index in [4.69, 9.17) is 10.5 Å². The first kappa shape index (κ1) is 23.6. The number of hydrogen-bond donors (Lipinski definition) is 5. The van der Waals surface area contributed by atoms with Crippen molar-refractivity contribution in [2.24, 2.45) is 23.5 Å². The van der Waals surface area contributed by atoms with Gasteiger partial charge in [0.15, 0.2) is 11.4 Å². The van der Waals surface area contributed by atoms with Crippen molar-refractivity contribution >= 4 is 23.2 Å². The lowest BCUT2D eigenvalue weighted by Gasteiger charge is -2.55. The van der Waals surface area contributed by atoms with Gasteiger partial charge in [-0.2, -0.15) is 0 Å². The van der Waals surface area contributed by atoms with Gasteiger partial charge in [0.05, 0.1) is 17.4 Å². The van der Waals surface area contributed by atoms with Gasteiger partial charge in [0.25, 0.3) is 0 Å². The number of Topliss-reactive ketones (excluding diaryl/α,β-unsaturated/α-hetero) is 2. The van der Waals surface area contributed by atoms with Gasteiger partial charge in [-0.05, 0) is 30.5 Å². The first-order chi connectivity index (χ1) is 16.6. The minimum atomic E-state index is -2.71. The number of nitrogens with two attached hydrogens (primary N) is 1. The third-order valence-corrected chi connectivity index (χ3v) is 8.05. The van der Waals surface area contributed by atoms with Crippen LogP contribution in [-0.4, -0.2) is 55.7 Å². The van der Waals surface area contributed by atoms with Crippen molar-refractivity contribution in [3.05, 3.63) is 46.7 Å². The van der Waals surface area contributed by atoms with Crippen molar-refractivity contribution < 1.29 is 39.5 Å². The molecule has 2 unspecified atom stereocenters. The Morgan fingerprint density at radius 3 is 2.66 bits per heavy atom. The van der Waals surface area contributed by atoms with E-state index >= 15 is 0 Å². The Kier molecular flexibility index (Phi) is 5.52. The molecule has 1 aromatic rings. The maximum atomic E-state index is 13.8. The number of primary amides is 1. The summed E-state index contributed by atoms with van der Waals surface area (Å²) < 4.78 is 6.30. The number of amides is 1. The second-order valence-corrected chi connectivity index (χ2v) is 9.98. The Labute approximate surface area is 201 Å². The summed E-state index contributed by atoms with van der Waals surface area (Å²) in [5, 5.41) is 44.0. The molecule has 186 valence electrons. The van der Waals surface area contributed by atoms with Crippen LogP contribution in [0.4, 0.5) is 0 Å². The molecule has 6 N–H and O–H groups in total. The number of phenols is 1. The number of aliphatic hydroxyl groups excluding tert-OH is 2. The summed E-state index contributed by atoms with van der Waals surface area (Å²) in [6.45, 7) is 2.07. The molecule has 0 radical (unpaired) electrons. The van der Waals surface area contributed by atoms with Crippen LogP contribution in [-0.2, 0) is 19.1 Å². The predicted molar refractivity (Wildman–Crippen MR) is 123 cm³/mol. The van der Waals surface area contributed by atoms with E-state index in [1.54, 1.807) is 12.1 Å². The van der Waals surface area contributed by atoms with E-state index in [1.165, 1.54) is 6.07 Å². The fourth-order valence-corrected chi connectivity index (χ4v) is 6.43. The van der Waals surface area contributed by atoms with Gasteiger partial charge in [0.1, 0.15) is 23.5 Å². The fourth-order valence-electron chi connectivity index (χ4n) is 6.43. The van der Waals surface area contributed by atoms with E-state index in [2.05, 4.69) is 6.92 Å². The van der Waals surface area contributed by atoms with Gasteiger partial charge in [-0.25, -0.2) is 0 Å². The van der Waals surface area contributed by atoms with Crippen molar-refractivity contribution in [3.63, 3.8) is 0 Å². The van der Waals surface area contributed by atoms with E-state index in [0.29, 0.717) is 17.7 Å². The highest BCUT2D eigenvalue weighted by atomic mass is 16.5. The number of hydrogen-bond acceptors (Lipinski definition) is 8. The monoisotopic (exact) mass is 483 g/mol. The summed E-state index contributed by atoms with van der Waals surface area (Å²) in [7, 11) is 0. The average Bonchev–Trinajstić information content (AvgIpc) is 2.80. The number of ketones is 2. The van der Waals surface area contributed by atoms with Gasteiger partial charge in [0.2, 0.25) is 11.7 Å². The molecule has 7 atom stereocenters. The number of carbonyl (C=O) groups excluding carboxylic acids is 3. The summed E-state index contributed by atoms with van der Waals surface area (Å²) >= 11 is 0. The van der Waals surface area contributed by atoms with Gasteiger partial charge in [0, 0.05) is 29.7 Å². The minimum Gasteiger partial charge on any atom is -0.507 e. The number of carbonyl (C=O) groups is 3. The smallest absolute Gasteiger partial charge is 0.230 e. The topological polar surface area (TPSA) is 167 Å². The van der Waals surface area contributed by atoms with Crippen LogP contribution in [0.25, 0.3) is 5.76 Å². The third kappa shape index (κ3) is 3.18. The van der Waals surface area contributed by atoms with Crippen molar-refractivity contribution in [1.82, 2.24) is 0 Å². The van der Waals surface area contributed by atoms with Crippen LogP contribution in [0.2, 0.25) is 0 Å². The SMILES string of the molecule is CCCCCC1=C[C@H]2c3cccc(O)c3C(O)=C3C(=O)[C@]4(O)C(=O)C(C(N)=O)C(O)C[C@@H]4[C@@H](O1)[C@@H]32. The number of rotatable bonds is 5. The predicted octanol–water partition coefficient (Wildman–Crippen LogP) is 1.60. The molecule has 1 aromatic carbocycles. The average molecular weight is 484 g/mol. The Morgan fingerprint density at radius 2 is 1.97 bits per heavy atom. The molecule has 0 saturated heterocycles. The number of aliphatic hydroxyl groups is 3. The number of aromatic hydroxyl groups is 1. The molecule has 1 amide bonds. The van der Waals surface area contributed by atoms with Crippen molar-refractivity contribution in [2.45, 2.75) is 62.8 Å². The van der Waals surface area contributed by atoms with Gasteiger partial charge < -0.3 is 30.9 Å². The highest BCUT2D eigenvalue weighted by molar-refractivity contribution is 6.25. The number of ether oxygens (including phenoxy) is 1. The maximum Gasteiger partial charge on any atom is 0.230 e. The lowest BCUT2D eigenvalue weighted by atomic mass is 9.52. The van der Waals surface area contributed by atoms with E-state index in [-0.39, 0.29) is 23.3 Å². The van der Waals surface area contributed by atoms with Gasteiger partial charge in [-0.15, -0.1) is 0 Å². The van der Waals surface area contributed by atoms with E-state index in [0.717, 1.165) is 19.3 Å². The summed E-state index contributed by atoms with van der Waals surface area (Å²) in [4.78, 5) is 39.1. The normalized spacial score (nSPS) is 35.5. The molecule has 35 heavy (non-hydrogen) atoms. The van der Waals surface area contributed by atoms with Crippen LogP contribution in [0, 0.1) is 17.8 Å². The van der Waals surface area contributed by atoms with Crippen molar-refractivity contribution in [3.8, 4) is 5.75 Å².